The average Bonchev–Trinajstić information content (AvgIpc) is 2.96. The molecule has 1 aliphatic rings. The predicted molar refractivity (Wildman–Crippen MR) is 153 cm³/mol. The van der Waals surface area contributed by atoms with E-state index in [4.69, 9.17) is 4.74 Å². The number of ether oxygens (including phenoxy) is 1. The number of urea groups is 1. The summed E-state index contributed by atoms with van der Waals surface area (Å²) in [5.74, 6) is -0.871. The molecule has 3 atom stereocenters. The van der Waals surface area contributed by atoms with Crippen molar-refractivity contribution in [1.82, 2.24) is 9.80 Å². The number of fused-ring (bicyclic) bond motifs is 1. The molecule has 0 fully saturated rings. The van der Waals surface area contributed by atoms with Crippen LogP contribution < -0.4 is 14.8 Å². The molecular weight excluding hydrogens is 551 g/mol. The fourth-order valence-corrected chi connectivity index (χ4v) is 5.49. The molecule has 41 heavy (non-hydrogen) atoms. The van der Waals surface area contributed by atoms with Gasteiger partial charge in [-0.3, -0.25) is 9.52 Å². The van der Waals surface area contributed by atoms with Crippen molar-refractivity contribution in [3.8, 4) is 5.75 Å². The van der Waals surface area contributed by atoms with Gasteiger partial charge >= 0.3 is 6.03 Å². The fraction of sp³-hybridized carbons (Fsp3) is 0.310. The van der Waals surface area contributed by atoms with Gasteiger partial charge in [0.2, 0.25) is 0 Å². The number of carbonyl (C=O) groups excluding carboxylic acids is 2. The number of likely N-dealkylation sites (N-methyl/N-ethyl adjacent to an activating group) is 1. The molecule has 0 spiro atoms. The van der Waals surface area contributed by atoms with E-state index >= 15 is 0 Å². The van der Waals surface area contributed by atoms with E-state index in [1.54, 1.807) is 32.2 Å². The highest BCUT2D eigenvalue weighted by atomic mass is 32.2. The third-order valence-corrected chi connectivity index (χ3v) is 8.26. The van der Waals surface area contributed by atoms with Crippen LogP contribution in [-0.4, -0.2) is 74.2 Å². The number of amides is 3. The predicted octanol–water partition coefficient (Wildman–Crippen LogP) is 4.01. The van der Waals surface area contributed by atoms with Crippen LogP contribution in [0.5, 0.6) is 5.75 Å². The third-order valence-electron chi connectivity index (χ3n) is 6.87. The number of aliphatic hydroxyl groups excluding tert-OH is 1. The monoisotopic (exact) mass is 584 g/mol. The van der Waals surface area contributed by atoms with E-state index in [2.05, 4.69) is 10.0 Å². The number of halogens is 1. The topological polar surface area (TPSA) is 128 Å². The normalized spacial score (nSPS) is 17.9. The van der Waals surface area contributed by atoms with Gasteiger partial charge < -0.3 is 25.0 Å². The van der Waals surface area contributed by atoms with Crippen LogP contribution in [0.3, 0.4) is 0 Å². The Hall–Kier alpha value is -4.16. The lowest BCUT2D eigenvalue weighted by Crippen LogP contribution is -2.50. The van der Waals surface area contributed by atoms with Crippen LogP contribution in [0.15, 0.2) is 77.7 Å². The SMILES string of the molecule is C[C@H](CO)N1C[C@H](C)[C@@H](CN(C)C(=O)Nc2ccc(F)cc2)Oc2ccc(NS(=O)(=O)c3ccccc3)cc2C1=O. The Balaban J connectivity index is 1.60. The highest BCUT2D eigenvalue weighted by molar-refractivity contribution is 7.92. The van der Waals surface area contributed by atoms with Crippen molar-refractivity contribution in [2.75, 3.05) is 36.8 Å². The van der Waals surface area contributed by atoms with Gasteiger partial charge in [0.1, 0.15) is 17.7 Å². The summed E-state index contributed by atoms with van der Waals surface area (Å²) in [5.41, 5.74) is 0.718. The molecule has 0 aromatic heterocycles. The lowest BCUT2D eigenvalue weighted by Gasteiger charge is -2.38. The second-order valence-corrected chi connectivity index (χ2v) is 11.8. The number of nitrogens with one attached hydrogen (secondary N) is 2. The van der Waals surface area contributed by atoms with Crippen molar-refractivity contribution in [3.63, 3.8) is 0 Å². The van der Waals surface area contributed by atoms with Gasteiger partial charge in [-0.05, 0) is 61.5 Å². The van der Waals surface area contributed by atoms with Gasteiger partial charge in [-0.2, -0.15) is 0 Å². The van der Waals surface area contributed by atoms with Crippen molar-refractivity contribution >= 4 is 33.3 Å². The first kappa shape index (κ1) is 29.8. The summed E-state index contributed by atoms with van der Waals surface area (Å²) in [5, 5.41) is 12.6. The highest BCUT2D eigenvalue weighted by Crippen LogP contribution is 2.31. The van der Waals surface area contributed by atoms with E-state index in [0.29, 0.717) is 5.69 Å². The van der Waals surface area contributed by atoms with Crippen LogP contribution in [0.2, 0.25) is 0 Å². The van der Waals surface area contributed by atoms with Crippen LogP contribution in [0.4, 0.5) is 20.6 Å². The van der Waals surface area contributed by atoms with Crippen molar-refractivity contribution in [1.29, 1.82) is 0 Å². The molecule has 3 N–H and O–H groups in total. The maximum Gasteiger partial charge on any atom is 0.321 e. The van der Waals surface area contributed by atoms with E-state index in [1.807, 2.05) is 6.92 Å². The van der Waals surface area contributed by atoms with Gasteiger partial charge in [0.25, 0.3) is 15.9 Å². The second-order valence-electron chi connectivity index (χ2n) is 10.1. The van der Waals surface area contributed by atoms with Gasteiger partial charge in [0, 0.05) is 30.9 Å². The number of sulfonamides is 1. The van der Waals surface area contributed by atoms with Crippen molar-refractivity contribution < 1.29 is 32.2 Å². The Labute approximate surface area is 238 Å². The Morgan fingerprint density at radius 3 is 2.44 bits per heavy atom. The summed E-state index contributed by atoms with van der Waals surface area (Å²) in [6, 6.07) is 16.7. The minimum Gasteiger partial charge on any atom is -0.487 e. The Morgan fingerprint density at radius 1 is 1.12 bits per heavy atom. The quantitative estimate of drug-likeness (QED) is 0.367. The first-order valence-electron chi connectivity index (χ1n) is 13.1. The van der Waals surface area contributed by atoms with E-state index in [9.17, 15) is 27.5 Å². The molecule has 12 heteroatoms. The van der Waals surface area contributed by atoms with Gasteiger partial charge in [0.15, 0.2) is 0 Å². The standard InChI is InChI=1S/C29H33FN4O6S/c1-19-16-34(20(2)18-35)28(36)25-15-23(32-41(38,39)24-7-5-4-6-8-24)13-14-26(25)40-27(19)17-33(3)29(37)31-22-11-9-21(30)10-12-22/h4-15,19-20,27,32,35H,16-18H2,1-3H3,(H,31,37)/t19-,20+,27+/m0/s1. The molecular formula is C29H33FN4O6S. The molecule has 0 saturated heterocycles. The lowest BCUT2D eigenvalue weighted by molar-refractivity contribution is 0.0371. The average molecular weight is 585 g/mol. The number of benzene rings is 3. The van der Waals surface area contributed by atoms with Crippen LogP contribution in [0.1, 0.15) is 24.2 Å². The van der Waals surface area contributed by atoms with E-state index < -0.39 is 39.9 Å². The molecule has 0 unspecified atom stereocenters. The minimum atomic E-state index is -3.91. The third kappa shape index (κ3) is 7.14. The smallest absolute Gasteiger partial charge is 0.321 e. The molecule has 1 heterocycles. The number of carbonyl (C=O) groups is 2. The first-order chi connectivity index (χ1) is 19.5. The molecule has 0 aliphatic carbocycles. The molecule has 3 aromatic rings. The van der Waals surface area contributed by atoms with Gasteiger partial charge in [0.05, 0.1) is 29.7 Å². The molecule has 0 saturated carbocycles. The summed E-state index contributed by atoms with van der Waals surface area (Å²) in [7, 11) is -2.32. The zero-order chi connectivity index (χ0) is 29.7. The summed E-state index contributed by atoms with van der Waals surface area (Å²) >= 11 is 0. The number of aliphatic hydroxyl groups is 1. The molecule has 0 radical (unpaired) electrons. The van der Waals surface area contributed by atoms with Crippen LogP contribution in [0, 0.1) is 11.7 Å². The van der Waals surface area contributed by atoms with Gasteiger partial charge in [-0.1, -0.05) is 25.1 Å². The first-order valence-corrected chi connectivity index (χ1v) is 14.5. The molecule has 10 nitrogen and oxygen atoms in total. The van der Waals surface area contributed by atoms with Crippen LogP contribution in [-0.2, 0) is 10.0 Å². The Morgan fingerprint density at radius 2 is 1.78 bits per heavy atom. The highest BCUT2D eigenvalue weighted by Gasteiger charge is 2.34. The number of hydrogen-bond donors (Lipinski definition) is 3. The summed E-state index contributed by atoms with van der Waals surface area (Å²) in [6.45, 7) is 3.68. The molecule has 3 aromatic carbocycles. The van der Waals surface area contributed by atoms with Crippen molar-refractivity contribution in [2.24, 2.45) is 5.92 Å². The van der Waals surface area contributed by atoms with Crippen molar-refractivity contribution in [2.45, 2.75) is 30.9 Å². The summed E-state index contributed by atoms with van der Waals surface area (Å²) < 4.78 is 47.8. The molecule has 3 amide bonds. The molecule has 4 rings (SSSR count). The Bertz CT molecular complexity index is 1490. The van der Waals surface area contributed by atoms with Gasteiger partial charge in [-0.15, -0.1) is 0 Å². The maximum atomic E-state index is 13.6. The van der Waals surface area contributed by atoms with Crippen molar-refractivity contribution in [3.05, 3.63) is 84.2 Å². The number of rotatable bonds is 8. The zero-order valence-electron chi connectivity index (χ0n) is 23.0. The maximum absolute atomic E-state index is 13.6. The Kier molecular flexibility index (Phi) is 9.14. The number of hydrogen-bond acceptors (Lipinski definition) is 6. The van der Waals surface area contributed by atoms with Crippen LogP contribution >= 0.6 is 0 Å². The minimum absolute atomic E-state index is 0.0701. The zero-order valence-corrected chi connectivity index (χ0v) is 23.8. The molecule has 0 bridgehead atoms. The largest absolute Gasteiger partial charge is 0.487 e. The van der Waals surface area contributed by atoms with E-state index in [1.165, 1.54) is 64.4 Å². The number of anilines is 2. The van der Waals surface area contributed by atoms with E-state index in [-0.39, 0.29) is 47.5 Å². The van der Waals surface area contributed by atoms with Gasteiger partial charge in [-0.25, -0.2) is 17.6 Å². The molecule has 218 valence electrons. The molecule has 1 aliphatic heterocycles. The summed E-state index contributed by atoms with van der Waals surface area (Å²) in [4.78, 5) is 29.5. The summed E-state index contributed by atoms with van der Waals surface area (Å²) in [6.07, 6.45) is -0.564. The van der Waals surface area contributed by atoms with Crippen LogP contribution in [0.25, 0.3) is 0 Å². The fourth-order valence-electron chi connectivity index (χ4n) is 4.42. The second kappa shape index (κ2) is 12.6. The van der Waals surface area contributed by atoms with E-state index in [0.717, 1.165) is 0 Å². The number of nitrogens with zero attached hydrogens (tertiary/aromatic N) is 2. The lowest BCUT2D eigenvalue weighted by atomic mass is 9.99.